The van der Waals surface area contributed by atoms with Crippen LogP contribution in [0.5, 0.6) is 5.75 Å². The van der Waals surface area contributed by atoms with Gasteiger partial charge in [-0.2, -0.15) is 0 Å². The molecule has 0 aliphatic heterocycles. The lowest BCUT2D eigenvalue weighted by Crippen LogP contribution is -2.27. The van der Waals surface area contributed by atoms with Gasteiger partial charge in [0.25, 0.3) is 0 Å². The molecule has 1 aromatic carbocycles. The monoisotopic (exact) mass is 294 g/mol. The summed E-state index contributed by atoms with van der Waals surface area (Å²) in [4.78, 5) is 4.38. The molecule has 20 heavy (non-hydrogen) atoms. The highest BCUT2D eigenvalue weighted by molar-refractivity contribution is 6.31. The van der Waals surface area contributed by atoms with E-state index in [0.717, 1.165) is 5.69 Å². The van der Waals surface area contributed by atoms with Crippen LogP contribution in [0.15, 0.2) is 30.3 Å². The minimum Gasteiger partial charge on any atom is -0.478 e. The number of ether oxygens (including phenoxy) is 1. The van der Waals surface area contributed by atoms with Crippen molar-refractivity contribution in [1.82, 2.24) is 4.98 Å². The summed E-state index contributed by atoms with van der Waals surface area (Å²) in [5.41, 5.74) is 6.39. The van der Waals surface area contributed by atoms with E-state index in [1.165, 1.54) is 12.1 Å². The van der Waals surface area contributed by atoms with Gasteiger partial charge in [0.1, 0.15) is 11.3 Å². The third-order valence-electron chi connectivity index (χ3n) is 2.88. The Balaban J connectivity index is 2.37. The average Bonchev–Trinajstić information content (AvgIpc) is 2.35. The third kappa shape index (κ3) is 3.02. The van der Waals surface area contributed by atoms with E-state index in [0.29, 0.717) is 16.4 Å². The van der Waals surface area contributed by atoms with Gasteiger partial charge in [0.15, 0.2) is 11.6 Å². The molecular weight excluding hydrogens is 279 g/mol. The fourth-order valence-electron chi connectivity index (χ4n) is 1.89. The largest absolute Gasteiger partial charge is 0.478 e. The highest BCUT2D eigenvalue weighted by Gasteiger charge is 2.28. The van der Waals surface area contributed by atoms with E-state index in [1.54, 1.807) is 26.0 Å². The van der Waals surface area contributed by atoms with Gasteiger partial charge in [-0.3, -0.25) is 4.98 Å². The molecule has 2 aromatic rings. The second-order valence-corrected chi connectivity index (χ2v) is 5.49. The van der Waals surface area contributed by atoms with E-state index in [-0.39, 0.29) is 5.75 Å². The number of anilines is 1. The molecule has 0 aliphatic rings. The van der Waals surface area contributed by atoms with Crippen LogP contribution in [0.2, 0.25) is 5.02 Å². The zero-order valence-electron chi connectivity index (χ0n) is 11.6. The van der Waals surface area contributed by atoms with Crippen LogP contribution < -0.4 is 10.5 Å². The zero-order chi connectivity index (χ0) is 14.9. The number of rotatable bonds is 3. The van der Waals surface area contributed by atoms with Crippen LogP contribution in [0.3, 0.4) is 0 Å². The van der Waals surface area contributed by atoms with Crippen molar-refractivity contribution in [3.63, 3.8) is 0 Å². The van der Waals surface area contributed by atoms with E-state index in [4.69, 9.17) is 22.1 Å². The van der Waals surface area contributed by atoms with Gasteiger partial charge in [0.05, 0.1) is 5.02 Å². The summed E-state index contributed by atoms with van der Waals surface area (Å²) in [6, 6.07) is 7.86. The lowest BCUT2D eigenvalue weighted by Gasteiger charge is -2.27. The van der Waals surface area contributed by atoms with Gasteiger partial charge in [-0.15, -0.1) is 0 Å². The first-order valence-electron chi connectivity index (χ1n) is 6.17. The Morgan fingerprint density at radius 1 is 1.25 bits per heavy atom. The van der Waals surface area contributed by atoms with Gasteiger partial charge in [0, 0.05) is 17.4 Å². The van der Waals surface area contributed by atoms with Crippen LogP contribution in [0.4, 0.5) is 10.1 Å². The fourth-order valence-corrected chi connectivity index (χ4v) is 2.22. The number of benzene rings is 1. The van der Waals surface area contributed by atoms with Crippen LogP contribution >= 0.6 is 11.6 Å². The lowest BCUT2D eigenvalue weighted by atomic mass is 10.0. The molecule has 2 rings (SSSR count). The summed E-state index contributed by atoms with van der Waals surface area (Å²) in [7, 11) is 0. The molecule has 0 bridgehead atoms. The molecule has 0 saturated carbocycles. The number of nitrogens with zero attached hydrogens (tertiary/aromatic N) is 1. The normalized spacial score (nSPS) is 11.4. The Morgan fingerprint density at radius 2 is 1.95 bits per heavy atom. The molecule has 0 spiro atoms. The van der Waals surface area contributed by atoms with Gasteiger partial charge in [-0.05, 0) is 45.0 Å². The van der Waals surface area contributed by atoms with Crippen LogP contribution in [-0.2, 0) is 5.60 Å². The molecular formula is C15H16ClFN2O. The van der Waals surface area contributed by atoms with Crippen molar-refractivity contribution in [2.75, 3.05) is 5.73 Å². The minimum absolute atomic E-state index is 0.114. The number of pyridine rings is 1. The van der Waals surface area contributed by atoms with Crippen LogP contribution in [-0.4, -0.2) is 4.98 Å². The standard InChI is InChI=1S/C15H16ClFN2O/c1-9-4-6-11(16)14(19-9)15(2,3)20-13-7-5-10(18)8-12(13)17/h4-8H,18H2,1-3H3. The molecule has 0 fully saturated rings. The van der Waals surface area contributed by atoms with Crippen molar-refractivity contribution in [3.05, 3.63) is 52.6 Å². The quantitative estimate of drug-likeness (QED) is 0.868. The smallest absolute Gasteiger partial charge is 0.167 e. The van der Waals surface area contributed by atoms with Gasteiger partial charge in [-0.25, -0.2) is 4.39 Å². The molecule has 2 N–H and O–H groups in total. The SMILES string of the molecule is Cc1ccc(Cl)c(C(C)(C)Oc2ccc(N)cc2F)n1. The predicted octanol–water partition coefficient (Wildman–Crippen LogP) is 4.08. The van der Waals surface area contributed by atoms with Crippen LogP contribution in [0, 0.1) is 12.7 Å². The van der Waals surface area contributed by atoms with Crippen LogP contribution in [0.1, 0.15) is 25.2 Å². The maximum absolute atomic E-state index is 13.8. The Labute approximate surface area is 122 Å². The molecule has 0 amide bonds. The van der Waals surface area contributed by atoms with Crippen molar-refractivity contribution >= 4 is 17.3 Å². The van der Waals surface area contributed by atoms with E-state index in [2.05, 4.69) is 4.98 Å². The Morgan fingerprint density at radius 3 is 2.60 bits per heavy atom. The van der Waals surface area contributed by atoms with Gasteiger partial charge in [-0.1, -0.05) is 11.6 Å². The Kier molecular flexibility index (Phi) is 3.86. The molecule has 0 saturated heterocycles. The van der Waals surface area contributed by atoms with Crippen molar-refractivity contribution in [1.29, 1.82) is 0 Å². The first-order valence-corrected chi connectivity index (χ1v) is 6.55. The topological polar surface area (TPSA) is 48.1 Å². The van der Waals surface area contributed by atoms with Crippen molar-refractivity contribution in [3.8, 4) is 5.75 Å². The van der Waals surface area contributed by atoms with Gasteiger partial charge < -0.3 is 10.5 Å². The number of aromatic nitrogens is 1. The molecule has 1 heterocycles. The summed E-state index contributed by atoms with van der Waals surface area (Å²) in [6.45, 7) is 5.44. The highest BCUT2D eigenvalue weighted by Crippen LogP contribution is 2.32. The first-order chi connectivity index (χ1) is 9.29. The van der Waals surface area contributed by atoms with Crippen LogP contribution in [0.25, 0.3) is 0 Å². The first kappa shape index (κ1) is 14.6. The van der Waals surface area contributed by atoms with Gasteiger partial charge >= 0.3 is 0 Å². The average molecular weight is 295 g/mol. The maximum atomic E-state index is 13.8. The van der Waals surface area contributed by atoms with E-state index >= 15 is 0 Å². The van der Waals surface area contributed by atoms with Crippen molar-refractivity contribution in [2.45, 2.75) is 26.4 Å². The minimum atomic E-state index is -0.861. The molecule has 0 aliphatic carbocycles. The van der Waals surface area contributed by atoms with E-state index in [1.807, 2.05) is 13.0 Å². The summed E-state index contributed by atoms with van der Waals surface area (Å²) >= 11 is 6.16. The molecule has 106 valence electrons. The molecule has 0 radical (unpaired) electrons. The summed E-state index contributed by atoms with van der Waals surface area (Å²) in [6.07, 6.45) is 0. The van der Waals surface area contributed by atoms with Crippen molar-refractivity contribution < 1.29 is 9.13 Å². The van der Waals surface area contributed by atoms with E-state index in [9.17, 15) is 4.39 Å². The second-order valence-electron chi connectivity index (χ2n) is 5.09. The number of nitrogens with two attached hydrogens (primary N) is 1. The Hall–Kier alpha value is -1.81. The predicted molar refractivity (Wildman–Crippen MR) is 78.5 cm³/mol. The lowest BCUT2D eigenvalue weighted by molar-refractivity contribution is 0.0979. The summed E-state index contributed by atoms with van der Waals surface area (Å²) in [5, 5.41) is 0.483. The van der Waals surface area contributed by atoms with E-state index < -0.39 is 11.4 Å². The molecule has 1 aromatic heterocycles. The summed E-state index contributed by atoms with van der Waals surface area (Å²) in [5.74, 6) is -0.398. The molecule has 5 heteroatoms. The summed E-state index contributed by atoms with van der Waals surface area (Å²) < 4.78 is 19.5. The highest BCUT2D eigenvalue weighted by atomic mass is 35.5. The molecule has 3 nitrogen and oxygen atoms in total. The maximum Gasteiger partial charge on any atom is 0.167 e. The number of hydrogen-bond acceptors (Lipinski definition) is 3. The van der Waals surface area contributed by atoms with Crippen molar-refractivity contribution in [2.24, 2.45) is 0 Å². The fraction of sp³-hybridized carbons (Fsp3) is 0.267. The molecule has 0 unspecified atom stereocenters. The van der Waals surface area contributed by atoms with Gasteiger partial charge in [0.2, 0.25) is 0 Å². The number of aryl methyl sites for hydroxylation is 1. The number of halogens is 2. The number of nitrogen functional groups attached to an aromatic ring is 1. The Bertz CT molecular complexity index is 644. The molecule has 0 atom stereocenters. The zero-order valence-corrected chi connectivity index (χ0v) is 12.3. The third-order valence-corrected chi connectivity index (χ3v) is 3.18. The number of hydrogen-bond donors (Lipinski definition) is 1. The second kappa shape index (κ2) is 5.29.